The van der Waals surface area contributed by atoms with E-state index in [1.807, 2.05) is 7.05 Å². The van der Waals surface area contributed by atoms with Crippen LogP contribution in [0.2, 0.25) is 5.15 Å². The molecule has 1 aromatic heterocycles. The number of sulfonamides is 1. The molecule has 0 radical (unpaired) electrons. The average molecular weight is 617 g/mol. The van der Waals surface area contributed by atoms with Crippen molar-refractivity contribution in [1.29, 1.82) is 0 Å². The van der Waals surface area contributed by atoms with Gasteiger partial charge in [-0.05, 0) is 62.8 Å². The van der Waals surface area contributed by atoms with E-state index < -0.39 is 27.9 Å². The molecule has 15 heteroatoms. The lowest BCUT2D eigenvalue weighted by atomic mass is 10.1. The topological polar surface area (TPSA) is 98.3 Å². The summed E-state index contributed by atoms with van der Waals surface area (Å²) >= 11 is 5.82. The van der Waals surface area contributed by atoms with Gasteiger partial charge in [-0.25, -0.2) is 18.2 Å². The Morgan fingerprint density at radius 1 is 1.10 bits per heavy atom. The zero-order valence-electron chi connectivity index (χ0n) is 22.5. The Kier molecular flexibility index (Phi) is 8.67. The minimum Gasteiger partial charge on any atom is -0.444 e. The number of hydrogen-bond acceptors (Lipinski definition) is 8. The van der Waals surface area contributed by atoms with Crippen LogP contribution >= 0.6 is 11.6 Å². The van der Waals surface area contributed by atoms with Gasteiger partial charge in [0.1, 0.15) is 17.1 Å². The van der Waals surface area contributed by atoms with Crippen molar-refractivity contribution in [2.45, 2.75) is 36.1 Å². The monoisotopic (exact) mass is 616 g/mol. The smallest absolute Gasteiger partial charge is 0.416 e. The summed E-state index contributed by atoms with van der Waals surface area (Å²) in [5.74, 6) is 0.0464. The van der Waals surface area contributed by atoms with Crippen LogP contribution in [0.5, 0.6) is 0 Å². The predicted molar refractivity (Wildman–Crippen MR) is 148 cm³/mol. The Morgan fingerprint density at radius 3 is 2.46 bits per heavy atom. The second kappa shape index (κ2) is 11.9. The van der Waals surface area contributed by atoms with Crippen LogP contribution < -0.4 is 15.1 Å². The lowest BCUT2D eigenvalue weighted by molar-refractivity contribution is -0.137. The van der Waals surface area contributed by atoms with Crippen molar-refractivity contribution in [2.24, 2.45) is 0 Å². The van der Waals surface area contributed by atoms with Gasteiger partial charge in [0.05, 0.1) is 16.5 Å². The fourth-order valence-electron chi connectivity index (χ4n) is 5.55. The average Bonchev–Trinajstić information content (AvgIpc) is 3.11. The number of piperazine rings is 1. The van der Waals surface area contributed by atoms with Crippen molar-refractivity contribution >= 4 is 39.2 Å². The first-order valence-electron chi connectivity index (χ1n) is 13.4. The van der Waals surface area contributed by atoms with E-state index in [9.17, 15) is 26.4 Å². The summed E-state index contributed by atoms with van der Waals surface area (Å²) in [5, 5.41) is 2.86. The Balaban J connectivity index is 1.27. The number of likely N-dealkylation sites (N-methyl/N-ethyl adjacent to an activating group) is 1. The lowest BCUT2D eigenvalue weighted by Gasteiger charge is -2.35. The molecule has 0 unspecified atom stereocenters. The third-order valence-electron chi connectivity index (χ3n) is 7.72. The summed E-state index contributed by atoms with van der Waals surface area (Å²) in [6.45, 7) is 3.67. The molecule has 1 N–H and O–H groups in total. The van der Waals surface area contributed by atoms with Crippen molar-refractivity contribution in [2.75, 3.05) is 69.2 Å². The molecule has 2 aromatic rings. The van der Waals surface area contributed by atoms with Crippen LogP contribution in [-0.4, -0.2) is 100 Å². The van der Waals surface area contributed by atoms with E-state index in [2.05, 4.69) is 15.2 Å². The summed E-state index contributed by atoms with van der Waals surface area (Å²) in [6.07, 6.45) is -3.54. The van der Waals surface area contributed by atoms with Crippen LogP contribution in [0.3, 0.4) is 0 Å². The van der Waals surface area contributed by atoms with Crippen molar-refractivity contribution in [3.63, 3.8) is 0 Å². The first-order valence-corrected chi connectivity index (χ1v) is 15.3. The molecule has 1 amide bonds. The quantitative estimate of drug-likeness (QED) is 0.474. The van der Waals surface area contributed by atoms with E-state index >= 15 is 0 Å². The zero-order chi connectivity index (χ0) is 29.4. The van der Waals surface area contributed by atoms with Gasteiger partial charge >= 0.3 is 12.3 Å². The molecule has 1 aromatic carbocycles. The number of likely N-dealkylation sites (tertiary alicyclic amines) is 1. The number of anilines is 2. The number of benzene rings is 1. The van der Waals surface area contributed by atoms with Gasteiger partial charge in [0.2, 0.25) is 10.0 Å². The van der Waals surface area contributed by atoms with E-state index in [1.54, 1.807) is 21.9 Å². The molecule has 3 aliphatic rings. The Morgan fingerprint density at radius 2 is 1.80 bits per heavy atom. The maximum atomic E-state index is 13.4. The molecule has 4 heterocycles. The molecule has 0 saturated carbocycles. The first kappa shape index (κ1) is 29.8. The molecule has 0 aliphatic carbocycles. The zero-order valence-corrected chi connectivity index (χ0v) is 24.1. The van der Waals surface area contributed by atoms with Crippen molar-refractivity contribution in [3.8, 4) is 0 Å². The minimum atomic E-state index is -4.58. The molecule has 41 heavy (non-hydrogen) atoms. The second-order valence-electron chi connectivity index (χ2n) is 10.3. The van der Waals surface area contributed by atoms with Gasteiger partial charge in [0, 0.05) is 51.5 Å². The van der Waals surface area contributed by atoms with Crippen molar-refractivity contribution in [1.82, 2.24) is 19.5 Å². The number of ether oxygens (including phenoxy) is 1. The minimum absolute atomic E-state index is 0.0464. The lowest BCUT2D eigenvalue weighted by Crippen LogP contribution is -2.49. The van der Waals surface area contributed by atoms with E-state index in [-0.39, 0.29) is 54.2 Å². The number of rotatable bonds is 7. The number of nitrogens with one attached hydrogen (secondary N) is 1. The standard InChI is InChI=1S/C26H32ClF3N6O4S/c1-31-8-10-33-9-2-3-22-21(17-33)36(25(37)40-22)19-4-6-20(7-5-19)41(38,39)35-13-11-34(12-14-35)24-16-18(26(28,29)30)15-23(27)32-24/h4-7,15-16,21-22,31H,2-3,8-14,17H2,1H3/t21-,22+/m0/s1. The maximum absolute atomic E-state index is 13.4. The summed E-state index contributed by atoms with van der Waals surface area (Å²) in [6, 6.07) is 7.68. The number of aromatic nitrogens is 1. The molecule has 3 saturated heterocycles. The number of amides is 1. The van der Waals surface area contributed by atoms with Crippen LogP contribution in [0.1, 0.15) is 18.4 Å². The molecule has 0 spiro atoms. The van der Waals surface area contributed by atoms with Crippen LogP contribution in [0.25, 0.3) is 0 Å². The molecule has 10 nitrogen and oxygen atoms in total. The fourth-order valence-corrected chi connectivity index (χ4v) is 7.18. The maximum Gasteiger partial charge on any atom is 0.416 e. The first-order chi connectivity index (χ1) is 19.5. The summed E-state index contributed by atoms with van der Waals surface area (Å²) in [7, 11) is -1.98. The number of alkyl halides is 3. The summed E-state index contributed by atoms with van der Waals surface area (Å²) in [4.78, 5) is 22.4. The summed E-state index contributed by atoms with van der Waals surface area (Å²) < 4.78 is 73.4. The van der Waals surface area contributed by atoms with Crippen LogP contribution in [0, 0.1) is 0 Å². The van der Waals surface area contributed by atoms with Gasteiger partial charge in [-0.15, -0.1) is 0 Å². The molecule has 2 atom stereocenters. The highest BCUT2D eigenvalue weighted by atomic mass is 35.5. The summed E-state index contributed by atoms with van der Waals surface area (Å²) in [5.41, 5.74) is -0.348. The van der Waals surface area contributed by atoms with E-state index in [1.165, 1.54) is 16.4 Å². The van der Waals surface area contributed by atoms with Crippen LogP contribution in [-0.2, 0) is 20.9 Å². The van der Waals surface area contributed by atoms with Gasteiger partial charge in [-0.1, -0.05) is 11.6 Å². The highest BCUT2D eigenvalue weighted by Gasteiger charge is 2.44. The Labute approximate surface area is 242 Å². The van der Waals surface area contributed by atoms with Gasteiger partial charge in [-0.3, -0.25) is 9.80 Å². The molecule has 3 aliphatic heterocycles. The van der Waals surface area contributed by atoms with Crippen LogP contribution in [0.4, 0.5) is 29.5 Å². The number of carbonyl (C=O) groups is 1. The van der Waals surface area contributed by atoms with Crippen LogP contribution in [0.15, 0.2) is 41.3 Å². The Hall–Kier alpha value is -2.65. The van der Waals surface area contributed by atoms with E-state index in [0.29, 0.717) is 12.2 Å². The molecule has 0 bridgehead atoms. The number of hydrogen-bond donors (Lipinski definition) is 1. The molecule has 224 valence electrons. The number of fused-ring (bicyclic) bond motifs is 1. The molecular formula is C26H32ClF3N6O4S. The van der Waals surface area contributed by atoms with Gasteiger partial charge in [0.15, 0.2) is 0 Å². The third-order valence-corrected chi connectivity index (χ3v) is 9.83. The SMILES string of the molecule is CNCCN1CCC[C@H]2OC(=O)N(c3ccc(S(=O)(=O)N4CCN(c5cc(C(F)(F)F)cc(Cl)n5)CC4)cc3)[C@H]2C1. The highest BCUT2D eigenvalue weighted by molar-refractivity contribution is 7.89. The fraction of sp³-hybridized carbons (Fsp3) is 0.538. The number of halogens is 4. The largest absolute Gasteiger partial charge is 0.444 e. The third kappa shape index (κ3) is 6.41. The normalized spacial score (nSPS) is 22.9. The Bertz CT molecular complexity index is 1350. The number of pyridine rings is 1. The van der Waals surface area contributed by atoms with Gasteiger partial charge in [-0.2, -0.15) is 17.5 Å². The molecule has 5 rings (SSSR count). The van der Waals surface area contributed by atoms with Crippen molar-refractivity contribution in [3.05, 3.63) is 47.1 Å². The van der Waals surface area contributed by atoms with Gasteiger partial charge < -0.3 is 15.0 Å². The van der Waals surface area contributed by atoms with Crippen molar-refractivity contribution < 1.29 is 31.1 Å². The highest BCUT2D eigenvalue weighted by Crippen LogP contribution is 2.34. The predicted octanol–water partition coefficient (Wildman–Crippen LogP) is 3.27. The van der Waals surface area contributed by atoms with E-state index in [4.69, 9.17) is 16.3 Å². The second-order valence-corrected chi connectivity index (χ2v) is 12.7. The number of carbonyl (C=O) groups excluding carboxylic acids is 1. The molecule has 3 fully saturated rings. The van der Waals surface area contributed by atoms with Gasteiger partial charge in [0.25, 0.3) is 0 Å². The number of nitrogens with zero attached hydrogens (tertiary/aromatic N) is 5. The van der Waals surface area contributed by atoms with E-state index in [0.717, 1.165) is 44.6 Å². The molecular weight excluding hydrogens is 585 g/mol.